The summed E-state index contributed by atoms with van der Waals surface area (Å²) in [5.41, 5.74) is 0.255. The molecule has 0 radical (unpaired) electrons. The standard InChI is InChI=1S/C13H21ClN4/c1-18(2)12-15-8-5-11(17-12)16-10-13(9-14)6-3-4-7-13/h5,8H,3-4,6-7,9-10H2,1-2H3,(H,15,16,17). The molecule has 1 heterocycles. The van der Waals surface area contributed by atoms with Crippen LogP contribution in [0.4, 0.5) is 11.8 Å². The Hall–Kier alpha value is -1.03. The van der Waals surface area contributed by atoms with Gasteiger partial charge in [-0.25, -0.2) is 4.98 Å². The van der Waals surface area contributed by atoms with Gasteiger partial charge >= 0.3 is 0 Å². The topological polar surface area (TPSA) is 41.1 Å². The van der Waals surface area contributed by atoms with Crippen LogP contribution in [0.15, 0.2) is 12.3 Å². The zero-order chi connectivity index (χ0) is 13.0. The summed E-state index contributed by atoms with van der Waals surface area (Å²) in [5, 5.41) is 3.41. The molecule has 0 bridgehead atoms. The lowest BCUT2D eigenvalue weighted by molar-refractivity contribution is 0.368. The van der Waals surface area contributed by atoms with Crippen LogP contribution in [0.3, 0.4) is 0 Å². The lowest BCUT2D eigenvalue weighted by atomic mass is 9.88. The van der Waals surface area contributed by atoms with E-state index in [0.29, 0.717) is 0 Å². The molecule has 0 saturated heterocycles. The van der Waals surface area contributed by atoms with E-state index in [1.165, 1.54) is 25.7 Å². The monoisotopic (exact) mass is 268 g/mol. The van der Waals surface area contributed by atoms with Crippen molar-refractivity contribution in [2.24, 2.45) is 5.41 Å². The molecule has 1 N–H and O–H groups in total. The van der Waals surface area contributed by atoms with Crippen LogP contribution in [0.2, 0.25) is 0 Å². The van der Waals surface area contributed by atoms with Gasteiger partial charge in [-0.2, -0.15) is 4.98 Å². The highest BCUT2D eigenvalue weighted by molar-refractivity contribution is 6.18. The van der Waals surface area contributed by atoms with Crippen molar-refractivity contribution in [1.29, 1.82) is 0 Å². The van der Waals surface area contributed by atoms with E-state index in [4.69, 9.17) is 11.6 Å². The minimum atomic E-state index is 0.255. The molecule has 0 unspecified atom stereocenters. The van der Waals surface area contributed by atoms with E-state index in [1.807, 2.05) is 25.1 Å². The highest BCUT2D eigenvalue weighted by atomic mass is 35.5. The van der Waals surface area contributed by atoms with Crippen LogP contribution in [-0.4, -0.2) is 36.5 Å². The highest BCUT2D eigenvalue weighted by Gasteiger charge is 2.32. The van der Waals surface area contributed by atoms with Crippen molar-refractivity contribution < 1.29 is 0 Å². The summed E-state index contributed by atoms with van der Waals surface area (Å²) in [6.45, 7) is 0.903. The Balaban J connectivity index is 1.99. The van der Waals surface area contributed by atoms with Gasteiger partial charge in [-0.15, -0.1) is 11.6 Å². The van der Waals surface area contributed by atoms with Crippen LogP contribution in [0.5, 0.6) is 0 Å². The first kappa shape index (κ1) is 13.4. The Kier molecular flexibility index (Phi) is 4.27. The second-order valence-corrected chi connectivity index (χ2v) is 5.60. The molecule has 1 saturated carbocycles. The lowest BCUT2D eigenvalue weighted by Gasteiger charge is -2.26. The molecule has 0 amide bonds. The fourth-order valence-electron chi connectivity index (χ4n) is 2.42. The molecular formula is C13H21ClN4. The van der Waals surface area contributed by atoms with Gasteiger partial charge in [-0.3, -0.25) is 0 Å². The first-order valence-electron chi connectivity index (χ1n) is 6.45. The fourth-order valence-corrected chi connectivity index (χ4v) is 2.78. The molecule has 100 valence electrons. The van der Waals surface area contributed by atoms with Crippen molar-refractivity contribution >= 4 is 23.4 Å². The molecule has 1 fully saturated rings. The van der Waals surface area contributed by atoms with Gasteiger partial charge in [0.1, 0.15) is 5.82 Å². The first-order chi connectivity index (χ1) is 8.65. The number of halogens is 1. The average molecular weight is 269 g/mol. The van der Waals surface area contributed by atoms with Crippen molar-refractivity contribution in [2.45, 2.75) is 25.7 Å². The average Bonchev–Trinajstić information content (AvgIpc) is 2.86. The summed E-state index contributed by atoms with van der Waals surface area (Å²) >= 11 is 6.13. The zero-order valence-electron chi connectivity index (χ0n) is 11.1. The summed E-state index contributed by atoms with van der Waals surface area (Å²) in [5.74, 6) is 2.34. The summed E-state index contributed by atoms with van der Waals surface area (Å²) in [4.78, 5) is 10.6. The van der Waals surface area contributed by atoms with E-state index in [-0.39, 0.29) is 5.41 Å². The maximum absolute atomic E-state index is 6.13. The lowest BCUT2D eigenvalue weighted by Crippen LogP contribution is -2.29. The number of hydrogen-bond acceptors (Lipinski definition) is 4. The van der Waals surface area contributed by atoms with Crippen molar-refractivity contribution in [2.75, 3.05) is 36.7 Å². The number of alkyl halides is 1. The molecule has 1 aromatic rings. The third kappa shape index (κ3) is 3.05. The van der Waals surface area contributed by atoms with E-state index in [1.54, 1.807) is 6.20 Å². The third-order valence-corrected chi connectivity index (χ3v) is 4.20. The van der Waals surface area contributed by atoms with Gasteiger partial charge < -0.3 is 10.2 Å². The maximum Gasteiger partial charge on any atom is 0.226 e. The predicted octanol–water partition coefficient (Wildman–Crippen LogP) is 2.75. The number of anilines is 2. The Labute approximate surface area is 114 Å². The van der Waals surface area contributed by atoms with E-state index in [9.17, 15) is 0 Å². The molecule has 4 nitrogen and oxygen atoms in total. The summed E-state index contributed by atoms with van der Waals surface area (Å²) in [7, 11) is 3.88. The van der Waals surface area contributed by atoms with Crippen molar-refractivity contribution in [3.8, 4) is 0 Å². The third-order valence-electron chi connectivity index (χ3n) is 3.64. The molecule has 0 atom stereocenters. The summed E-state index contributed by atoms with van der Waals surface area (Å²) < 4.78 is 0. The minimum Gasteiger partial charge on any atom is -0.369 e. The normalized spacial score (nSPS) is 17.7. The van der Waals surface area contributed by atoms with Gasteiger partial charge in [0, 0.05) is 38.1 Å². The second kappa shape index (κ2) is 5.74. The molecule has 0 aromatic carbocycles. The van der Waals surface area contributed by atoms with E-state index in [0.717, 1.165) is 24.2 Å². The Morgan fingerprint density at radius 3 is 2.72 bits per heavy atom. The molecule has 1 aromatic heterocycles. The Morgan fingerprint density at radius 2 is 2.11 bits per heavy atom. The highest BCUT2D eigenvalue weighted by Crippen LogP contribution is 2.39. The Morgan fingerprint density at radius 1 is 1.39 bits per heavy atom. The van der Waals surface area contributed by atoms with Gasteiger partial charge in [0.15, 0.2) is 0 Å². The van der Waals surface area contributed by atoms with Crippen molar-refractivity contribution in [1.82, 2.24) is 9.97 Å². The van der Waals surface area contributed by atoms with Crippen LogP contribution in [0.1, 0.15) is 25.7 Å². The SMILES string of the molecule is CN(C)c1nccc(NCC2(CCl)CCCC2)n1. The van der Waals surface area contributed by atoms with Gasteiger partial charge in [-0.05, 0) is 18.9 Å². The van der Waals surface area contributed by atoms with Crippen molar-refractivity contribution in [3.63, 3.8) is 0 Å². The molecular weight excluding hydrogens is 248 g/mol. The van der Waals surface area contributed by atoms with E-state index in [2.05, 4.69) is 15.3 Å². The molecule has 2 rings (SSSR count). The number of nitrogens with zero attached hydrogens (tertiary/aromatic N) is 3. The summed E-state index contributed by atoms with van der Waals surface area (Å²) in [6.07, 6.45) is 6.80. The van der Waals surface area contributed by atoms with Crippen LogP contribution < -0.4 is 10.2 Å². The van der Waals surface area contributed by atoms with E-state index < -0.39 is 0 Å². The smallest absolute Gasteiger partial charge is 0.226 e. The maximum atomic E-state index is 6.13. The van der Waals surface area contributed by atoms with Crippen molar-refractivity contribution in [3.05, 3.63) is 12.3 Å². The molecule has 0 spiro atoms. The minimum absolute atomic E-state index is 0.255. The Bertz CT molecular complexity index is 388. The molecule has 5 heteroatoms. The van der Waals surface area contributed by atoms with Gasteiger partial charge in [0.25, 0.3) is 0 Å². The molecule has 18 heavy (non-hydrogen) atoms. The second-order valence-electron chi connectivity index (χ2n) is 5.33. The molecule has 1 aliphatic rings. The number of hydrogen-bond donors (Lipinski definition) is 1. The zero-order valence-corrected chi connectivity index (χ0v) is 11.9. The predicted molar refractivity (Wildman–Crippen MR) is 76.5 cm³/mol. The first-order valence-corrected chi connectivity index (χ1v) is 6.99. The van der Waals surface area contributed by atoms with Crippen LogP contribution >= 0.6 is 11.6 Å². The summed E-state index contributed by atoms with van der Waals surface area (Å²) in [6, 6.07) is 1.91. The quantitative estimate of drug-likeness (QED) is 0.834. The van der Waals surface area contributed by atoms with Gasteiger partial charge in [0.2, 0.25) is 5.95 Å². The number of aromatic nitrogens is 2. The number of nitrogens with one attached hydrogen (secondary N) is 1. The molecule has 1 aliphatic carbocycles. The van der Waals surface area contributed by atoms with E-state index >= 15 is 0 Å². The van der Waals surface area contributed by atoms with Crippen LogP contribution in [0.25, 0.3) is 0 Å². The van der Waals surface area contributed by atoms with Gasteiger partial charge in [-0.1, -0.05) is 12.8 Å². The number of rotatable bonds is 5. The van der Waals surface area contributed by atoms with Crippen LogP contribution in [0, 0.1) is 5.41 Å². The molecule has 0 aliphatic heterocycles. The largest absolute Gasteiger partial charge is 0.369 e. The fraction of sp³-hybridized carbons (Fsp3) is 0.692. The van der Waals surface area contributed by atoms with Crippen LogP contribution in [-0.2, 0) is 0 Å². The van der Waals surface area contributed by atoms with Gasteiger partial charge in [0.05, 0.1) is 0 Å².